The van der Waals surface area contributed by atoms with Crippen molar-refractivity contribution in [2.75, 3.05) is 17.7 Å². The molecule has 1 aliphatic heterocycles. The molecule has 1 aliphatic carbocycles. The second-order valence-corrected chi connectivity index (χ2v) is 12.9. The molecule has 0 unspecified atom stereocenters. The number of amides is 1. The van der Waals surface area contributed by atoms with E-state index >= 15 is 0 Å². The zero-order valence-corrected chi connectivity index (χ0v) is 23.8. The van der Waals surface area contributed by atoms with E-state index in [1.165, 1.54) is 29.2 Å². The zero-order chi connectivity index (χ0) is 30.4. The lowest BCUT2D eigenvalue weighted by Gasteiger charge is -2.34. The summed E-state index contributed by atoms with van der Waals surface area (Å²) in [6.45, 7) is 2.13. The van der Waals surface area contributed by atoms with Crippen LogP contribution in [0.5, 0.6) is 0 Å². The van der Waals surface area contributed by atoms with Crippen molar-refractivity contribution in [3.8, 4) is 0 Å². The van der Waals surface area contributed by atoms with Gasteiger partial charge < -0.3 is 30.4 Å². The van der Waals surface area contributed by atoms with Gasteiger partial charge in [-0.3, -0.25) is 9.36 Å². The summed E-state index contributed by atoms with van der Waals surface area (Å²) >= 11 is 0. The van der Waals surface area contributed by atoms with Crippen molar-refractivity contribution in [2.45, 2.75) is 63.0 Å². The average Bonchev–Trinajstić information content (AvgIpc) is 3.19. The van der Waals surface area contributed by atoms with E-state index in [1.807, 2.05) is 13.0 Å². The van der Waals surface area contributed by atoms with E-state index in [0.717, 1.165) is 24.0 Å². The van der Waals surface area contributed by atoms with Crippen LogP contribution in [0.2, 0.25) is 0 Å². The number of hydrogen-bond acceptors (Lipinski definition) is 7. The first-order chi connectivity index (χ1) is 19.6. The van der Waals surface area contributed by atoms with Crippen molar-refractivity contribution in [3.05, 3.63) is 70.4 Å². The van der Waals surface area contributed by atoms with Crippen LogP contribution in [-0.4, -0.2) is 48.3 Å². The molecule has 2 aromatic carbocycles. The topological polar surface area (TPSA) is 148 Å². The number of fused-ring (bicyclic) bond motifs is 1. The van der Waals surface area contributed by atoms with Crippen LogP contribution >= 0.6 is 7.60 Å². The van der Waals surface area contributed by atoms with Gasteiger partial charge in [-0.25, -0.2) is 4.98 Å². The lowest BCUT2D eigenvalue weighted by molar-refractivity contribution is -0.137. The Hall–Kier alpha value is -3.51. The summed E-state index contributed by atoms with van der Waals surface area (Å²) in [4.78, 5) is 40.9. The molecule has 1 saturated carbocycles. The number of aromatic nitrogens is 2. The van der Waals surface area contributed by atoms with Gasteiger partial charge in [0, 0.05) is 25.5 Å². The molecule has 3 aromatic rings. The van der Waals surface area contributed by atoms with Gasteiger partial charge in [0.1, 0.15) is 11.4 Å². The smallest absolute Gasteiger partial charge is 0.390 e. The predicted octanol–water partition coefficient (Wildman–Crippen LogP) is 5.65. The first-order valence-corrected chi connectivity index (χ1v) is 15.1. The maximum atomic E-state index is 14.0. The number of anilines is 4. The van der Waals surface area contributed by atoms with Crippen molar-refractivity contribution in [1.82, 2.24) is 14.9 Å². The normalized spacial score (nSPS) is 20.9. The Bertz CT molecular complexity index is 1550. The number of hydrogen-bond donors (Lipinski definition) is 5. The van der Waals surface area contributed by atoms with Gasteiger partial charge in [-0.1, -0.05) is 18.2 Å². The summed E-state index contributed by atoms with van der Waals surface area (Å²) in [6, 6.07) is 9.40. The summed E-state index contributed by atoms with van der Waals surface area (Å²) in [7, 11) is -2.62. The molecule has 5 rings (SSSR count). The van der Waals surface area contributed by atoms with Crippen molar-refractivity contribution in [1.29, 1.82) is 0 Å². The van der Waals surface area contributed by atoms with Gasteiger partial charge in [0.25, 0.3) is 5.91 Å². The van der Waals surface area contributed by atoms with Gasteiger partial charge in [-0.05, 0) is 73.4 Å². The highest BCUT2D eigenvalue weighted by Gasteiger charge is 2.38. The summed E-state index contributed by atoms with van der Waals surface area (Å²) in [5.74, 6) is -0.877. The van der Waals surface area contributed by atoms with E-state index in [2.05, 4.69) is 20.6 Å². The third-order valence-corrected chi connectivity index (χ3v) is 8.53. The molecule has 0 atom stereocenters. The third kappa shape index (κ3) is 6.59. The van der Waals surface area contributed by atoms with E-state index in [1.54, 1.807) is 13.1 Å². The van der Waals surface area contributed by atoms with Crippen molar-refractivity contribution in [2.24, 2.45) is 0 Å². The second-order valence-electron chi connectivity index (χ2n) is 11.2. The molecule has 1 aromatic heterocycles. The minimum absolute atomic E-state index is 0.126. The SMILES string of the molecule is CN1Cc2c(C3CCC(C)(O)CC3)ccc(Nc3nc(Nc4ccc(CP(=O)(O)O)cc4)ncc3C(F)(F)F)c2C1=O. The maximum Gasteiger partial charge on any atom is 0.421 e. The van der Waals surface area contributed by atoms with Crippen LogP contribution in [0, 0.1) is 0 Å². The van der Waals surface area contributed by atoms with E-state index in [-0.39, 0.29) is 23.5 Å². The number of halogens is 3. The Morgan fingerprint density at radius 2 is 1.76 bits per heavy atom. The molecule has 0 radical (unpaired) electrons. The summed E-state index contributed by atoms with van der Waals surface area (Å²) in [5.41, 5.74) is 1.15. The molecule has 0 bridgehead atoms. The molecular formula is C28H31F3N5O5P. The Balaban J connectivity index is 1.46. The average molecular weight is 606 g/mol. The lowest BCUT2D eigenvalue weighted by Crippen LogP contribution is -2.29. The van der Waals surface area contributed by atoms with Crippen molar-refractivity contribution in [3.63, 3.8) is 0 Å². The van der Waals surface area contributed by atoms with Crippen LogP contribution in [0.15, 0.2) is 42.6 Å². The highest BCUT2D eigenvalue weighted by atomic mass is 31.2. The molecule has 2 aliphatic rings. The zero-order valence-electron chi connectivity index (χ0n) is 22.9. The van der Waals surface area contributed by atoms with E-state index < -0.39 is 36.9 Å². The largest absolute Gasteiger partial charge is 0.421 e. The van der Waals surface area contributed by atoms with Gasteiger partial charge in [0.15, 0.2) is 0 Å². The number of rotatable bonds is 7. The van der Waals surface area contributed by atoms with Gasteiger partial charge in [0.2, 0.25) is 5.95 Å². The Morgan fingerprint density at radius 3 is 2.38 bits per heavy atom. The van der Waals surface area contributed by atoms with Crippen LogP contribution in [0.4, 0.5) is 36.3 Å². The summed E-state index contributed by atoms with van der Waals surface area (Å²) in [5, 5.41) is 15.9. The number of carbonyl (C=O) groups is 1. The molecule has 42 heavy (non-hydrogen) atoms. The first kappa shape index (κ1) is 30.0. The fraction of sp³-hybridized carbons (Fsp3) is 0.393. The van der Waals surface area contributed by atoms with E-state index in [0.29, 0.717) is 42.4 Å². The molecule has 5 N–H and O–H groups in total. The van der Waals surface area contributed by atoms with Gasteiger partial charge in [-0.2, -0.15) is 18.2 Å². The molecule has 1 amide bonds. The summed E-state index contributed by atoms with van der Waals surface area (Å²) < 4.78 is 53.2. The van der Waals surface area contributed by atoms with Crippen LogP contribution in [-0.2, 0) is 23.4 Å². The van der Waals surface area contributed by atoms with Crippen LogP contribution in [0.3, 0.4) is 0 Å². The number of alkyl halides is 3. The van der Waals surface area contributed by atoms with Gasteiger partial charge in [0.05, 0.1) is 23.0 Å². The molecule has 0 saturated heterocycles. The highest BCUT2D eigenvalue weighted by Crippen LogP contribution is 2.44. The number of nitrogens with zero attached hydrogens (tertiary/aromatic N) is 3. The molecule has 10 nitrogen and oxygen atoms in total. The molecule has 1 fully saturated rings. The lowest BCUT2D eigenvalue weighted by atomic mass is 9.75. The van der Waals surface area contributed by atoms with Gasteiger partial charge >= 0.3 is 13.8 Å². The molecular weight excluding hydrogens is 574 g/mol. The summed E-state index contributed by atoms with van der Waals surface area (Å²) in [6.07, 6.45) is -1.86. The number of benzene rings is 2. The third-order valence-electron chi connectivity index (χ3n) is 7.75. The predicted molar refractivity (Wildman–Crippen MR) is 150 cm³/mol. The monoisotopic (exact) mass is 605 g/mol. The Kier molecular flexibility index (Phi) is 7.82. The fourth-order valence-corrected chi connectivity index (χ4v) is 6.24. The minimum Gasteiger partial charge on any atom is -0.390 e. The van der Waals surface area contributed by atoms with Crippen LogP contribution in [0.25, 0.3) is 0 Å². The Labute approximate surface area is 240 Å². The van der Waals surface area contributed by atoms with Crippen LogP contribution in [0.1, 0.15) is 71.1 Å². The van der Waals surface area contributed by atoms with Crippen molar-refractivity contribution < 1.29 is 37.4 Å². The standard InChI is InChI=1S/C28H31F3N5O5P/c1-27(38)11-9-17(10-12-27)19-7-8-22(23-20(19)14-36(2)25(23)37)34-24-21(28(29,30)31)13-32-26(35-24)33-18-5-3-16(4-6-18)15-42(39,40)41/h3-8,13,17,38H,9-12,14-15H2,1-2H3,(H2,39,40,41)(H2,32,33,34,35). The highest BCUT2D eigenvalue weighted by molar-refractivity contribution is 7.50. The first-order valence-electron chi connectivity index (χ1n) is 13.3. The van der Waals surface area contributed by atoms with Crippen molar-refractivity contribution >= 4 is 36.6 Å². The maximum absolute atomic E-state index is 14.0. The minimum atomic E-state index is -4.78. The second kappa shape index (κ2) is 11.0. The molecule has 224 valence electrons. The number of carbonyl (C=O) groups excluding carboxylic acids is 1. The van der Waals surface area contributed by atoms with E-state index in [4.69, 9.17) is 9.79 Å². The molecule has 2 heterocycles. The number of aliphatic hydroxyl groups is 1. The Morgan fingerprint density at radius 1 is 1.10 bits per heavy atom. The van der Waals surface area contributed by atoms with Gasteiger partial charge in [-0.15, -0.1) is 0 Å². The molecule has 0 spiro atoms. The number of nitrogens with one attached hydrogen (secondary N) is 2. The molecule has 14 heteroatoms. The van der Waals surface area contributed by atoms with Crippen LogP contribution < -0.4 is 10.6 Å². The quantitative estimate of drug-likeness (QED) is 0.215. The van der Waals surface area contributed by atoms with E-state index in [9.17, 15) is 27.6 Å². The fourth-order valence-electron chi connectivity index (χ4n) is 5.55.